The lowest BCUT2D eigenvalue weighted by atomic mass is 10.2. The summed E-state index contributed by atoms with van der Waals surface area (Å²) < 4.78 is 12.7. The fourth-order valence-electron chi connectivity index (χ4n) is 1.80. The average Bonchev–Trinajstić information content (AvgIpc) is 2.75. The highest BCUT2D eigenvalue weighted by atomic mass is 35.5. The first-order valence-corrected chi connectivity index (χ1v) is 9.16. The van der Waals surface area contributed by atoms with Crippen LogP contribution in [0.3, 0.4) is 0 Å². The van der Waals surface area contributed by atoms with Crippen LogP contribution in [-0.4, -0.2) is 27.2 Å². The molecule has 1 aromatic heterocycles. The molecule has 3 nitrogen and oxygen atoms in total. The van der Waals surface area contributed by atoms with Gasteiger partial charge in [-0.3, -0.25) is 9.00 Å². The van der Waals surface area contributed by atoms with Crippen molar-refractivity contribution in [1.82, 2.24) is 5.32 Å². The molecule has 2 aromatic rings. The maximum atomic E-state index is 12.2. The van der Waals surface area contributed by atoms with Gasteiger partial charge in [-0.15, -0.1) is 11.3 Å². The molecule has 0 fully saturated rings. The van der Waals surface area contributed by atoms with E-state index in [9.17, 15) is 9.00 Å². The number of carbonyl (C=O) groups is 1. The van der Waals surface area contributed by atoms with Crippen molar-refractivity contribution in [3.63, 3.8) is 0 Å². The molecule has 0 aliphatic heterocycles. The summed E-state index contributed by atoms with van der Waals surface area (Å²) in [5.41, 5.74) is 0. The molecule has 0 bridgehead atoms. The van der Waals surface area contributed by atoms with Crippen molar-refractivity contribution in [3.8, 4) is 0 Å². The lowest BCUT2D eigenvalue weighted by Gasteiger charge is -2.17. The maximum absolute atomic E-state index is 12.2. The summed E-state index contributed by atoms with van der Waals surface area (Å²) in [6, 6.07) is 7.66. The van der Waals surface area contributed by atoms with E-state index in [1.54, 1.807) is 0 Å². The summed E-state index contributed by atoms with van der Waals surface area (Å²) in [7, 11) is -0.975. The smallest absolute Gasteiger partial charge is 0.262 e. The zero-order valence-corrected chi connectivity index (χ0v) is 14.6. The minimum atomic E-state index is -0.975. The fourth-order valence-corrected chi connectivity index (χ4v) is 4.14. The van der Waals surface area contributed by atoms with E-state index in [4.69, 9.17) is 11.6 Å². The second-order valence-corrected chi connectivity index (χ2v) is 9.41. The highest BCUT2D eigenvalue weighted by molar-refractivity contribution is 7.86. The van der Waals surface area contributed by atoms with Gasteiger partial charge in [-0.1, -0.05) is 29.8 Å². The van der Waals surface area contributed by atoms with Gasteiger partial charge in [0.2, 0.25) is 0 Å². The molecule has 6 heteroatoms. The average molecular weight is 344 g/mol. The van der Waals surface area contributed by atoms with Crippen LogP contribution in [-0.2, 0) is 10.8 Å². The Morgan fingerprint density at radius 2 is 2.00 bits per heavy atom. The molecule has 0 spiro atoms. The molecule has 114 valence electrons. The molecule has 0 aliphatic carbocycles. The van der Waals surface area contributed by atoms with Gasteiger partial charge in [0.25, 0.3) is 5.91 Å². The zero-order valence-electron chi connectivity index (χ0n) is 12.2. The molecule has 1 atom stereocenters. The monoisotopic (exact) mass is 343 g/mol. The third-order valence-corrected chi connectivity index (χ3v) is 6.61. The predicted molar refractivity (Wildman–Crippen MR) is 91.9 cm³/mol. The maximum Gasteiger partial charge on any atom is 0.262 e. The Bertz CT molecular complexity index is 689. The summed E-state index contributed by atoms with van der Waals surface area (Å²) in [5, 5.41) is 4.18. The van der Waals surface area contributed by atoms with E-state index in [0.717, 1.165) is 10.1 Å². The van der Waals surface area contributed by atoms with Gasteiger partial charge >= 0.3 is 0 Å². The number of fused-ring (bicyclic) bond motifs is 1. The molecule has 1 heterocycles. The molecule has 0 radical (unpaired) electrons. The van der Waals surface area contributed by atoms with Crippen molar-refractivity contribution < 1.29 is 9.00 Å². The van der Waals surface area contributed by atoms with Gasteiger partial charge in [0, 0.05) is 37.9 Å². The van der Waals surface area contributed by atoms with Crippen LogP contribution in [0.15, 0.2) is 24.3 Å². The van der Waals surface area contributed by atoms with E-state index in [0.29, 0.717) is 22.2 Å². The second kappa shape index (κ2) is 6.46. The molecule has 0 saturated carbocycles. The van der Waals surface area contributed by atoms with Gasteiger partial charge in [-0.25, -0.2) is 0 Å². The van der Waals surface area contributed by atoms with Crippen molar-refractivity contribution in [3.05, 3.63) is 34.2 Å². The fraction of sp³-hybridized carbons (Fsp3) is 0.400. The molecule has 21 heavy (non-hydrogen) atoms. The molecule has 0 saturated heterocycles. The van der Waals surface area contributed by atoms with E-state index in [1.807, 2.05) is 45.0 Å². The van der Waals surface area contributed by atoms with Crippen LogP contribution >= 0.6 is 22.9 Å². The van der Waals surface area contributed by atoms with Crippen LogP contribution in [0.5, 0.6) is 0 Å². The largest absolute Gasteiger partial charge is 0.350 e. The first-order valence-electron chi connectivity index (χ1n) is 6.64. The number of thiophene rings is 1. The first-order chi connectivity index (χ1) is 9.80. The van der Waals surface area contributed by atoms with Gasteiger partial charge < -0.3 is 5.32 Å². The van der Waals surface area contributed by atoms with E-state index in [-0.39, 0.29) is 10.7 Å². The molecule has 2 rings (SSSR count). The standard InChI is InChI=1S/C15H18ClNO2S2/c1-15(2,3)21(19)9-8-17-14(18)13-12(16)10-6-4-5-7-11(10)20-13/h4-7H,8-9H2,1-3H3,(H,17,18). The highest BCUT2D eigenvalue weighted by Crippen LogP contribution is 2.34. The SMILES string of the molecule is CC(C)(C)S(=O)CCNC(=O)c1sc2ccccc2c1Cl. The van der Waals surface area contributed by atoms with E-state index in [1.165, 1.54) is 11.3 Å². The Morgan fingerprint density at radius 1 is 1.33 bits per heavy atom. The van der Waals surface area contributed by atoms with Crippen molar-refractivity contribution in [2.75, 3.05) is 12.3 Å². The summed E-state index contributed by atoms with van der Waals surface area (Å²) in [6.07, 6.45) is 0. The Hall–Kier alpha value is -0.910. The molecular weight excluding hydrogens is 326 g/mol. The van der Waals surface area contributed by atoms with Crippen molar-refractivity contribution >= 4 is 49.7 Å². The lowest BCUT2D eigenvalue weighted by molar-refractivity contribution is 0.0960. The Labute approximate surface area is 136 Å². The van der Waals surface area contributed by atoms with Gasteiger partial charge in [0.05, 0.1) is 5.02 Å². The molecule has 0 aliphatic rings. The minimum Gasteiger partial charge on any atom is -0.350 e. The van der Waals surface area contributed by atoms with E-state index < -0.39 is 10.8 Å². The van der Waals surface area contributed by atoms with Crippen LogP contribution in [0.1, 0.15) is 30.4 Å². The van der Waals surface area contributed by atoms with Crippen LogP contribution in [0.4, 0.5) is 0 Å². The summed E-state index contributed by atoms with van der Waals surface area (Å²) in [6.45, 7) is 6.16. The van der Waals surface area contributed by atoms with Crippen LogP contribution in [0.25, 0.3) is 10.1 Å². The number of amides is 1. The van der Waals surface area contributed by atoms with Crippen LogP contribution < -0.4 is 5.32 Å². The van der Waals surface area contributed by atoms with Gasteiger partial charge in [0.15, 0.2) is 0 Å². The normalized spacial score (nSPS) is 13.3. The lowest BCUT2D eigenvalue weighted by Crippen LogP contribution is -2.32. The zero-order chi connectivity index (χ0) is 15.6. The Morgan fingerprint density at radius 3 is 2.62 bits per heavy atom. The quantitative estimate of drug-likeness (QED) is 0.917. The van der Waals surface area contributed by atoms with E-state index >= 15 is 0 Å². The van der Waals surface area contributed by atoms with Crippen molar-refractivity contribution in [2.45, 2.75) is 25.5 Å². The van der Waals surface area contributed by atoms with Gasteiger partial charge in [-0.2, -0.15) is 0 Å². The number of rotatable bonds is 4. The third-order valence-electron chi connectivity index (χ3n) is 3.00. The predicted octanol–water partition coefficient (Wildman–Crippen LogP) is 3.83. The Kier molecular flexibility index (Phi) is 5.07. The molecule has 1 aromatic carbocycles. The number of hydrogen-bond donors (Lipinski definition) is 1. The minimum absolute atomic E-state index is 0.202. The summed E-state index contributed by atoms with van der Waals surface area (Å²) in [4.78, 5) is 12.7. The number of hydrogen-bond acceptors (Lipinski definition) is 3. The molecule has 1 amide bonds. The van der Waals surface area contributed by atoms with Crippen molar-refractivity contribution in [2.24, 2.45) is 0 Å². The topological polar surface area (TPSA) is 46.2 Å². The van der Waals surface area contributed by atoms with Crippen LogP contribution in [0.2, 0.25) is 5.02 Å². The third kappa shape index (κ3) is 3.84. The van der Waals surface area contributed by atoms with E-state index in [2.05, 4.69) is 5.32 Å². The highest BCUT2D eigenvalue weighted by Gasteiger charge is 2.20. The first kappa shape index (κ1) is 16.5. The molecule has 1 unspecified atom stereocenters. The van der Waals surface area contributed by atoms with Gasteiger partial charge in [-0.05, 0) is 26.8 Å². The summed E-state index contributed by atoms with van der Waals surface area (Å²) in [5.74, 6) is 0.240. The molecular formula is C15H18ClNO2S2. The van der Waals surface area contributed by atoms with Gasteiger partial charge in [0.1, 0.15) is 4.88 Å². The second-order valence-electron chi connectivity index (χ2n) is 5.66. The molecule has 1 N–H and O–H groups in total. The summed E-state index contributed by atoms with van der Waals surface area (Å²) >= 11 is 7.63. The number of nitrogens with one attached hydrogen (secondary N) is 1. The number of carbonyl (C=O) groups excluding carboxylic acids is 1. The van der Waals surface area contributed by atoms with Crippen molar-refractivity contribution in [1.29, 1.82) is 0 Å². The number of benzene rings is 1. The number of halogens is 1. The van der Waals surface area contributed by atoms with Crippen LogP contribution in [0, 0.1) is 0 Å². The Balaban J connectivity index is 2.03.